The number of rotatable bonds is 6. The smallest absolute Gasteiger partial charge is 0.248 e. The summed E-state index contributed by atoms with van der Waals surface area (Å²) in [7, 11) is 3.49. The molecule has 3 heterocycles. The highest BCUT2D eigenvalue weighted by atomic mass is 32.1. The van der Waals surface area contributed by atoms with Gasteiger partial charge in [0, 0.05) is 50.5 Å². The van der Waals surface area contributed by atoms with Crippen molar-refractivity contribution in [2.24, 2.45) is 0 Å². The van der Waals surface area contributed by atoms with Crippen LogP contribution in [0.15, 0.2) is 23.8 Å². The number of nitrogens with zero attached hydrogens (tertiary/aromatic N) is 4. The molecule has 0 spiro atoms. The van der Waals surface area contributed by atoms with Crippen LogP contribution in [0.5, 0.6) is 0 Å². The Morgan fingerprint density at radius 3 is 3.04 bits per heavy atom. The molecule has 7 heteroatoms. The Hall–Kier alpha value is -1.70. The molecule has 6 nitrogen and oxygen atoms in total. The molecule has 0 unspecified atom stereocenters. The topological polar surface area (TPSA) is 50.6 Å². The normalized spacial score (nSPS) is 17.7. The van der Waals surface area contributed by atoms with Crippen molar-refractivity contribution in [3.05, 3.63) is 40.1 Å². The minimum Gasteiger partial charge on any atom is -0.369 e. The van der Waals surface area contributed by atoms with Gasteiger partial charge in [0.1, 0.15) is 6.61 Å². The molecule has 0 radical (unpaired) electrons. The van der Waals surface area contributed by atoms with Crippen LogP contribution < -0.4 is 0 Å². The lowest BCUT2D eigenvalue weighted by Gasteiger charge is -2.34. The Morgan fingerprint density at radius 2 is 2.33 bits per heavy atom. The molecule has 0 bridgehead atoms. The van der Waals surface area contributed by atoms with E-state index in [1.807, 2.05) is 5.51 Å². The van der Waals surface area contributed by atoms with E-state index in [9.17, 15) is 4.79 Å². The molecule has 130 valence electrons. The summed E-state index contributed by atoms with van der Waals surface area (Å²) in [6, 6.07) is 4.46. The standard InChI is InChI=1S/C17H24N4O2S/c1-13-16(24-12-18-13)9-20-7-14-5-4-6-21(14)15(8-20)10-23-11-17(22)19(2)3/h4-6,12,15H,7-11H2,1-3H3/t15-/m0/s1. The van der Waals surface area contributed by atoms with Crippen LogP contribution in [0.4, 0.5) is 0 Å². The van der Waals surface area contributed by atoms with Crippen LogP contribution in [-0.4, -0.2) is 59.1 Å². The first-order valence-corrected chi connectivity index (χ1v) is 8.97. The molecular formula is C17H24N4O2S. The fourth-order valence-corrected chi connectivity index (χ4v) is 3.76. The van der Waals surface area contributed by atoms with Crippen LogP contribution in [0.1, 0.15) is 22.3 Å². The number of carbonyl (C=O) groups excluding carboxylic acids is 1. The van der Waals surface area contributed by atoms with Crippen molar-refractivity contribution in [3.8, 4) is 0 Å². The van der Waals surface area contributed by atoms with Crippen LogP contribution in [0.2, 0.25) is 0 Å². The number of aryl methyl sites for hydroxylation is 1. The van der Waals surface area contributed by atoms with E-state index in [2.05, 4.69) is 39.7 Å². The van der Waals surface area contributed by atoms with E-state index in [1.165, 1.54) is 10.6 Å². The van der Waals surface area contributed by atoms with Gasteiger partial charge in [-0.1, -0.05) is 0 Å². The second-order valence-electron chi connectivity index (χ2n) is 6.39. The number of likely N-dealkylation sites (N-methyl/N-ethyl adjacent to an activating group) is 1. The molecule has 1 atom stereocenters. The molecule has 0 saturated heterocycles. The van der Waals surface area contributed by atoms with Gasteiger partial charge in [-0.2, -0.15) is 0 Å². The molecule has 3 rings (SSSR count). The highest BCUT2D eigenvalue weighted by Gasteiger charge is 2.25. The van der Waals surface area contributed by atoms with Crippen LogP contribution in [0.3, 0.4) is 0 Å². The third-order valence-corrected chi connectivity index (χ3v) is 5.28. The molecule has 1 amide bonds. The summed E-state index contributed by atoms with van der Waals surface area (Å²) >= 11 is 1.71. The minimum absolute atomic E-state index is 0.00400. The van der Waals surface area contributed by atoms with Gasteiger partial charge in [-0.15, -0.1) is 11.3 Å². The molecule has 0 saturated carbocycles. The second-order valence-corrected chi connectivity index (χ2v) is 7.33. The molecule has 0 N–H and O–H groups in total. The Balaban J connectivity index is 1.63. The summed E-state index contributed by atoms with van der Waals surface area (Å²) in [6.45, 7) is 5.49. The highest BCUT2D eigenvalue weighted by molar-refractivity contribution is 7.09. The molecule has 0 aliphatic carbocycles. The average Bonchev–Trinajstić information content (AvgIpc) is 3.16. The van der Waals surface area contributed by atoms with Crippen molar-refractivity contribution in [1.29, 1.82) is 0 Å². The summed E-state index contributed by atoms with van der Waals surface area (Å²) in [4.78, 5) is 21.3. The number of thiazole rings is 1. The summed E-state index contributed by atoms with van der Waals surface area (Å²) in [5.74, 6) is -0.00400. The Morgan fingerprint density at radius 1 is 1.50 bits per heavy atom. The van der Waals surface area contributed by atoms with E-state index in [-0.39, 0.29) is 18.6 Å². The first-order valence-electron chi connectivity index (χ1n) is 8.09. The van der Waals surface area contributed by atoms with Crippen LogP contribution >= 0.6 is 11.3 Å². The van der Waals surface area contributed by atoms with E-state index < -0.39 is 0 Å². The Bertz CT molecular complexity index is 694. The highest BCUT2D eigenvalue weighted by Crippen LogP contribution is 2.25. The van der Waals surface area contributed by atoms with Gasteiger partial charge >= 0.3 is 0 Å². The van der Waals surface area contributed by atoms with Crippen molar-refractivity contribution < 1.29 is 9.53 Å². The van der Waals surface area contributed by atoms with E-state index >= 15 is 0 Å². The fourth-order valence-electron chi connectivity index (χ4n) is 2.94. The lowest BCUT2D eigenvalue weighted by atomic mass is 10.2. The lowest BCUT2D eigenvalue weighted by molar-refractivity contribution is -0.134. The van der Waals surface area contributed by atoms with E-state index in [0.717, 1.165) is 25.3 Å². The molecule has 0 aromatic carbocycles. The van der Waals surface area contributed by atoms with Gasteiger partial charge in [-0.05, 0) is 19.1 Å². The van der Waals surface area contributed by atoms with Crippen molar-refractivity contribution in [3.63, 3.8) is 0 Å². The van der Waals surface area contributed by atoms with Gasteiger partial charge in [0.05, 0.1) is 23.9 Å². The first-order chi connectivity index (χ1) is 11.5. The molecule has 2 aromatic heterocycles. The van der Waals surface area contributed by atoms with Gasteiger partial charge in [-0.3, -0.25) is 9.69 Å². The lowest BCUT2D eigenvalue weighted by Crippen LogP contribution is -2.39. The Labute approximate surface area is 146 Å². The van der Waals surface area contributed by atoms with E-state index in [4.69, 9.17) is 4.74 Å². The molecule has 1 aliphatic rings. The molecular weight excluding hydrogens is 324 g/mol. The van der Waals surface area contributed by atoms with Gasteiger partial charge < -0.3 is 14.2 Å². The van der Waals surface area contributed by atoms with Crippen molar-refractivity contribution in [1.82, 2.24) is 19.4 Å². The van der Waals surface area contributed by atoms with Gasteiger partial charge in [-0.25, -0.2) is 4.98 Å². The molecule has 24 heavy (non-hydrogen) atoms. The zero-order valence-corrected chi connectivity index (χ0v) is 15.3. The largest absolute Gasteiger partial charge is 0.369 e. The van der Waals surface area contributed by atoms with Crippen LogP contribution in [0, 0.1) is 6.92 Å². The molecule has 0 fully saturated rings. The van der Waals surface area contributed by atoms with Gasteiger partial charge in [0.2, 0.25) is 5.91 Å². The number of ether oxygens (including phenoxy) is 1. The number of hydrogen-bond donors (Lipinski definition) is 0. The SMILES string of the molecule is Cc1ncsc1CN1Cc2cccn2[C@H](COCC(=O)N(C)C)C1. The van der Waals surface area contributed by atoms with E-state index in [0.29, 0.717) is 6.61 Å². The quantitative estimate of drug-likeness (QED) is 0.800. The van der Waals surface area contributed by atoms with Crippen molar-refractivity contribution >= 4 is 17.2 Å². The maximum absolute atomic E-state index is 11.7. The maximum atomic E-state index is 11.7. The van der Waals surface area contributed by atoms with Gasteiger partial charge in [0.25, 0.3) is 0 Å². The third kappa shape index (κ3) is 3.85. The number of fused-ring (bicyclic) bond motifs is 1. The fraction of sp³-hybridized carbons (Fsp3) is 0.529. The molecule has 1 aliphatic heterocycles. The van der Waals surface area contributed by atoms with Crippen LogP contribution in [-0.2, 0) is 22.6 Å². The number of hydrogen-bond acceptors (Lipinski definition) is 5. The van der Waals surface area contributed by atoms with Gasteiger partial charge in [0.15, 0.2) is 0 Å². The van der Waals surface area contributed by atoms with Crippen molar-refractivity contribution in [2.75, 3.05) is 33.9 Å². The summed E-state index contributed by atoms with van der Waals surface area (Å²) in [6.07, 6.45) is 2.10. The first kappa shape index (κ1) is 17.1. The molecule has 2 aromatic rings. The minimum atomic E-state index is -0.00400. The predicted molar refractivity (Wildman–Crippen MR) is 93.9 cm³/mol. The predicted octanol–water partition coefficient (Wildman–Crippen LogP) is 1.91. The Kier molecular flexibility index (Phi) is 5.33. The monoisotopic (exact) mass is 348 g/mol. The number of carbonyl (C=O) groups is 1. The summed E-state index contributed by atoms with van der Waals surface area (Å²) in [5, 5.41) is 0. The number of amides is 1. The zero-order chi connectivity index (χ0) is 17.1. The second kappa shape index (κ2) is 7.46. The average molecular weight is 348 g/mol. The zero-order valence-electron chi connectivity index (χ0n) is 14.4. The summed E-state index contributed by atoms with van der Waals surface area (Å²) < 4.78 is 7.96. The maximum Gasteiger partial charge on any atom is 0.248 e. The van der Waals surface area contributed by atoms with Crippen molar-refractivity contribution in [2.45, 2.75) is 26.1 Å². The van der Waals surface area contributed by atoms with E-state index in [1.54, 1.807) is 30.3 Å². The number of aromatic nitrogens is 2. The van der Waals surface area contributed by atoms with Crippen LogP contribution in [0.25, 0.3) is 0 Å². The third-order valence-electron chi connectivity index (χ3n) is 4.36. The summed E-state index contributed by atoms with van der Waals surface area (Å²) in [5.41, 5.74) is 4.31.